The topological polar surface area (TPSA) is 95.6 Å². The highest BCUT2D eigenvalue weighted by atomic mass is 16.5. The molecule has 3 aromatic rings. The zero-order valence-electron chi connectivity index (χ0n) is 21.5. The number of ether oxygens (including phenoxy) is 5. The van der Waals surface area contributed by atoms with E-state index < -0.39 is 6.04 Å². The molecule has 3 aromatic carbocycles. The van der Waals surface area contributed by atoms with Crippen molar-refractivity contribution < 1.29 is 33.3 Å². The summed E-state index contributed by atoms with van der Waals surface area (Å²) in [6.07, 6.45) is -0.00723. The van der Waals surface area contributed by atoms with Gasteiger partial charge in [0.05, 0.1) is 48.0 Å². The molecule has 1 aliphatic rings. The number of amides is 2. The second kappa shape index (κ2) is 11.1. The Hall–Kier alpha value is -4.40. The molecule has 1 atom stereocenters. The summed E-state index contributed by atoms with van der Waals surface area (Å²) in [4.78, 5) is 28.4. The van der Waals surface area contributed by atoms with E-state index in [0.717, 1.165) is 5.56 Å². The highest BCUT2D eigenvalue weighted by Gasteiger charge is 2.35. The number of hydrogen-bond donors (Lipinski definition) is 1. The van der Waals surface area contributed by atoms with Crippen molar-refractivity contribution in [1.82, 2.24) is 4.90 Å². The number of fused-ring (bicyclic) bond motifs is 1. The van der Waals surface area contributed by atoms with Gasteiger partial charge in [-0.05, 0) is 41.5 Å². The van der Waals surface area contributed by atoms with Crippen molar-refractivity contribution in [3.05, 3.63) is 71.3 Å². The zero-order chi connectivity index (χ0) is 26.5. The van der Waals surface area contributed by atoms with Crippen LogP contribution in [0.5, 0.6) is 28.7 Å². The second-order valence-corrected chi connectivity index (χ2v) is 8.39. The third kappa shape index (κ3) is 5.11. The summed E-state index contributed by atoms with van der Waals surface area (Å²) in [6, 6.07) is 15.5. The van der Waals surface area contributed by atoms with Crippen molar-refractivity contribution in [2.75, 3.05) is 40.9 Å². The zero-order valence-corrected chi connectivity index (χ0v) is 21.5. The fourth-order valence-electron chi connectivity index (χ4n) is 4.53. The lowest BCUT2D eigenvalue weighted by atomic mass is 10.00. The third-order valence-corrected chi connectivity index (χ3v) is 6.34. The first-order chi connectivity index (χ1) is 17.9. The normalized spacial score (nSPS) is 13.0. The number of carbonyl (C=O) groups is 2. The predicted molar refractivity (Wildman–Crippen MR) is 138 cm³/mol. The molecule has 1 aliphatic heterocycles. The van der Waals surface area contributed by atoms with Crippen LogP contribution in [0.1, 0.15) is 33.9 Å². The van der Waals surface area contributed by atoms with Gasteiger partial charge in [-0.25, -0.2) is 0 Å². The number of methoxy groups -OCH3 is 5. The molecule has 0 spiro atoms. The van der Waals surface area contributed by atoms with Gasteiger partial charge < -0.3 is 33.9 Å². The molecular formula is C28H30N2O7. The average molecular weight is 507 g/mol. The SMILES string of the molecule is COc1ccc(NC(=O)C[C@H](c2cc(OC)c(OC)c(OC)c2)N2Cc3ccccc3C2=O)cc1OC. The quantitative estimate of drug-likeness (QED) is 0.434. The maximum atomic E-state index is 13.4. The maximum absolute atomic E-state index is 13.4. The van der Waals surface area contributed by atoms with Crippen molar-refractivity contribution in [2.45, 2.75) is 19.0 Å². The Balaban J connectivity index is 1.69. The van der Waals surface area contributed by atoms with Crippen LogP contribution in [-0.4, -0.2) is 52.3 Å². The van der Waals surface area contributed by atoms with E-state index in [1.807, 2.05) is 18.2 Å². The van der Waals surface area contributed by atoms with Crippen LogP contribution in [0.3, 0.4) is 0 Å². The molecule has 0 radical (unpaired) electrons. The first kappa shape index (κ1) is 25.7. The van der Waals surface area contributed by atoms with E-state index in [1.54, 1.807) is 48.4 Å². The van der Waals surface area contributed by atoms with Crippen LogP contribution >= 0.6 is 0 Å². The van der Waals surface area contributed by atoms with E-state index in [2.05, 4.69) is 5.32 Å². The van der Waals surface area contributed by atoms with Crippen LogP contribution in [0, 0.1) is 0 Å². The van der Waals surface area contributed by atoms with Gasteiger partial charge in [0.2, 0.25) is 11.7 Å². The lowest BCUT2D eigenvalue weighted by Gasteiger charge is -2.29. The molecule has 0 saturated carbocycles. The number of nitrogens with zero attached hydrogens (tertiary/aromatic N) is 1. The van der Waals surface area contributed by atoms with E-state index in [9.17, 15) is 9.59 Å². The van der Waals surface area contributed by atoms with Gasteiger partial charge in [0.15, 0.2) is 23.0 Å². The summed E-state index contributed by atoms with van der Waals surface area (Å²) in [6.45, 7) is 0.375. The molecule has 0 saturated heterocycles. The summed E-state index contributed by atoms with van der Waals surface area (Å²) < 4.78 is 27.1. The molecule has 37 heavy (non-hydrogen) atoms. The van der Waals surface area contributed by atoms with E-state index in [4.69, 9.17) is 23.7 Å². The molecule has 0 unspecified atom stereocenters. The summed E-state index contributed by atoms with van der Waals surface area (Å²) in [5, 5.41) is 2.91. The van der Waals surface area contributed by atoms with Crippen LogP contribution in [0.25, 0.3) is 0 Å². The van der Waals surface area contributed by atoms with E-state index >= 15 is 0 Å². The van der Waals surface area contributed by atoms with Crippen molar-refractivity contribution in [3.63, 3.8) is 0 Å². The smallest absolute Gasteiger partial charge is 0.255 e. The molecule has 0 fully saturated rings. The molecule has 9 nitrogen and oxygen atoms in total. The number of hydrogen-bond acceptors (Lipinski definition) is 7. The monoisotopic (exact) mass is 506 g/mol. The summed E-state index contributed by atoms with van der Waals surface area (Å²) in [5.41, 5.74) is 2.76. The van der Waals surface area contributed by atoms with Gasteiger partial charge in [0, 0.05) is 23.9 Å². The Morgan fingerprint density at radius 1 is 0.838 bits per heavy atom. The van der Waals surface area contributed by atoms with Crippen molar-refractivity contribution >= 4 is 17.5 Å². The fourth-order valence-corrected chi connectivity index (χ4v) is 4.53. The van der Waals surface area contributed by atoms with E-state index in [1.165, 1.54) is 28.4 Å². The van der Waals surface area contributed by atoms with Crippen LogP contribution in [0.4, 0.5) is 5.69 Å². The van der Waals surface area contributed by atoms with Gasteiger partial charge >= 0.3 is 0 Å². The van der Waals surface area contributed by atoms with Crippen molar-refractivity contribution in [3.8, 4) is 28.7 Å². The van der Waals surface area contributed by atoms with Gasteiger partial charge in [-0.3, -0.25) is 9.59 Å². The van der Waals surface area contributed by atoms with Gasteiger partial charge in [0.25, 0.3) is 5.91 Å². The number of rotatable bonds is 10. The maximum Gasteiger partial charge on any atom is 0.255 e. The minimum atomic E-state index is -0.603. The third-order valence-electron chi connectivity index (χ3n) is 6.34. The predicted octanol–water partition coefficient (Wildman–Crippen LogP) is 4.46. The summed E-state index contributed by atoms with van der Waals surface area (Å²) in [7, 11) is 7.64. The Kier molecular flexibility index (Phi) is 7.71. The van der Waals surface area contributed by atoms with Crippen molar-refractivity contribution in [2.24, 2.45) is 0 Å². The summed E-state index contributed by atoms with van der Waals surface area (Å²) >= 11 is 0. The Morgan fingerprint density at radius 3 is 2.08 bits per heavy atom. The standard InChI is InChI=1S/C28H30N2O7/c1-33-22-11-10-19(14-23(22)34-2)29-26(31)15-21(30-16-17-8-6-7-9-20(17)28(30)32)18-12-24(35-3)27(37-5)25(13-18)36-4/h6-14,21H,15-16H2,1-5H3,(H,29,31)/t21-/m1/s1. The molecule has 194 valence electrons. The van der Waals surface area contributed by atoms with Crippen LogP contribution < -0.4 is 29.0 Å². The lowest BCUT2D eigenvalue weighted by Crippen LogP contribution is -2.32. The molecule has 0 bridgehead atoms. The molecule has 1 N–H and O–H groups in total. The Labute approximate surface area is 215 Å². The first-order valence-electron chi connectivity index (χ1n) is 11.6. The van der Waals surface area contributed by atoms with Crippen molar-refractivity contribution in [1.29, 1.82) is 0 Å². The van der Waals surface area contributed by atoms with E-state index in [0.29, 0.717) is 52.1 Å². The molecule has 0 aromatic heterocycles. The molecule has 0 aliphatic carbocycles. The highest BCUT2D eigenvalue weighted by molar-refractivity contribution is 5.99. The molecule has 1 heterocycles. The Bertz CT molecular complexity index is 1280. The first-order valence-corrected chi connectivity index (χ1v) is 11.6. The summed E-state index contributed by atoms with van der Waals surface area (Å²) in [5.74, 6) is 1.92. The average Bonchev–Trinajstić information content (AvgIpc) is 3.26. The van der Waals surface area contributed by atoms with Gasteiger partial charge in [-0.1, -0.05) is 18.2 Å². The minimum absolute atomic E-state index is 0.00723. The lowest BCUT2D eigenvalue weighted by molar-refractivity contribution is -0.117. The van der Waals surface area contributed by atoms with Gasteiger partial charge in [0.1, 0.15) is 0 Å². The largest absolute Gasteiger partial charge is 0.493 e. The van der Waals surface area contributed by atoms with E-state index in [-0.39, 0.29) is 18.2 Å². The number of nitrogens with one attached hydrogen (secondary N) is 1. The number of benzene rings is 3. The number of carbonyl (C=O) groups excluding carboxylic acids is 2. The Morgan fingerprint density at radius 2 is 1.49 bits per heavy atom. The highest BCUT2D eigenvalue weighted by Crippen LogP contribution is 2.43. The van der Waals surface area contributed by atoms with Gasteiger partial charge in [-0.2, -0.15) is 0 Å². The van der Waals surface area contributed by atoms with Crippen LogP contribution in [-0.2, 0) is 11.3 Å². The van der Waals surface area contributed by atoms with Crippen LogP contribution in [0.2, 0.25) is 0 Å². The van der Waals surface area contributed by atoms with Gasteiger partial charge in [-0.15, -0.1) is 0 Å². The minimum Gasteiger partial charge on any atom is -0.493 e. The molecule has 4 rings (SSSR count). The fraction of sp³-hybridized carbons (Fsp3) is 0.286. The van der Waals surface area contributed by atoms with Crippen LogP contribution in [0.15, 0.2) is 54.6 Å². The number of anilines is 1. The molecular weight excluding hydrogens is 476 g/mol. The molecule has 2 amide bonds. The second-order valence-electron chi connectivity index (χ2n) is 8.39. The molecule has 9 heteroatoms.